The van der Waals surface area contributed by atoms with E-state index in [9.17, 15) is 0 Å². The lowest BCUT2D eigenvalue weighted by atomic mass is 10.1. The molecular weight excluding hydrogens is 250 g/mol. The van der Waals surface area contributed by atoms with Crippen LogP contribution < -0.4 is 10.6 Å². The van der Waals surface area contributed by atoms with Gasteiger partial charge in [0.1, 0.15) is 12.1 Å². The van der Waals surface area contributed by atoms with Crippen LogP contribution in [0.3, 0.4) is 0 Å². The Morgan fingerprint density at radius 1 is 1.30 bits per heavy atom. The van der Waals surface area contributed by atoms with Gasteiger partial charge in [0.05, 0.1) is 23.0 Å². The molecule has 0 saturated heterocycles. The molecule has 20 heavy (non-hydrogen) atoms. The average molecular weight is 265 g/mol. The van der Waals surface area contributed by atoms with Gasteiger partial charge in [-0.3, -0.25) is 0 Å². The summed E-state index contributed by atoms with van der Waals surface area (Å²) in [5, 5.41) is 14.9. The summed E-state index contributed by atoms with van der Waals surface area (Å²) in [5.41, 5.74) is 3.21. The number of nitrogens with one attached hydrogen (secondary N) is 2. The lowest BCUT2D eigenvalue weighted by Crippen LogP contribution is -2.12. The number of benzene rings is 1. The minimum Gasteiger partial charge on any atom is -0.380 e. The highest BCUT2D eigenvalue weighted by molar-refractivity contribution is 5.60. The molecule has 0 aliphatic rings. The molecule has 2 rings (SSSR count). The van der Waals surface area contributed by atoms with Crippen molar-refractivity contribution in [1.29, 1.82) is 5.26 Å². The largest absolute Gasteiger partial charge is 0.380 e. The summed E-state index contributed by atoms with van der Waals surface area (Å²) in [6.45, 7) is 4.60. The Labute approximate surface area is 118 Å². The Hall–Kier alpha value is -2.87. The molecule has 0 aliphatic heterocycles. The number of nitrogens with zero attached hydrogens (tertiary/aromatic N) is 3. The van der Waals surface area contributed by atoms with E-state index in [1.807, 2.05) is 18.2 Å². The number of rotatable bonds is 5. The first-order chi connectivity index (χ1) is 9.72. The molecule has 0 spiro atoms. The number of hydrogen-bond donors (Lipinski definition) is 2. The van der Waals surface area contributed by atoms with E-state index in [2.05, 4.69) is 33.2 Å². The zero-order valence-corrected chi connectivity index (χ0v) is 11.2. The van der Waals surface area contributed by atoms with E-state index in [1.54, 1.807) is 19.2 Å². The Morgan fingerprint density at radius 2 is 2.05 bits per heavy atom. The fraction of sp³-hybridized carbons (Fsp3) is 0.133. The van der Waals surface area contributed by atoms with Crippen molar-refractivity contribution in [2.45, 2.75) is 6.54 Å². The van der Waals surface area contributed by atoms with Crippen LogP contribution in [0.15, 0.2) is 43.2 Å². The second kappa shape index (κ2) is 6.34. The first-order valence-electron chi connectivity index (χ1n) is 6.15. The fourth-order valence-electron chi connectivity index (χ4n) is 1.66. The van der Waals surface area contributed by atoms with Crippen molar-refractivity contribution in [3.8, 4) is 6.07 Å². The van der Waals surface area contributed by atoms with Crippen molar-refractivity contribution in [3.63, 3.8) is 0 Å². The lowest BCUT2D eigenvalue weighted by Gasteiger charge is -2.10. The third kappa shape index (κ3) is 3.33. The van der Waals surface area contributed by atoms with Crippen LogP contribution in [0.5, 0.6) is 0 Å². The van der Waals surface area contributed by atoms with Gasteiger partial charge in [-0.25, -0.2) is 9.97 Å². The van der Waals surface area contributed by atoms with Crippen LogP contribution >= 0.6 is 0 Å². The monoisotopic (exact) mass is 265 g/mol. The highest BCUT2D eigenvalue weighted by Gasteiger charge is 2.02. The summed E-state index contributed by atoms with van der Waals surface area (Å²) in [5.74, 6) is 0.747. The van der Waals surface area contributed by atoms with Gasteiger partial charge in [0, 0.05) is 19.7 Å². The fourth-order valence-corrected chi connectivity index (χ4v) is 1.66. The van der Waals surface area contributed by atoms with E-state index in [-0.39, 0.29) is 0 Å². The number of hydrogen-bond acceptors (Lipinski definition) is 5. The minimum absolute atomic E-state index is 0.628. The van der Waals surface area contributed by atoms with Crippen LogP contribution in [-0.4, -0.2) is 17.0 Å². The summed E-state index contributed by atoms with van der Waals surface area (Å²) in [7, 11) is 1.80. The van der Waals surface area contributed by atoms with Crippen molar-refractivity contribution in [1.82, 2.24) is 15.3 Å². The van der Waals surface area contributed by atoms with Gasteiger partial charge in [-0.15, -0.1) is 0 Å². The van der Waals surface area contributed by atoms with Gasteiger partial charge >= 0.3 is 0 Å². The number of nitriles is 1. The molecule has 5 heteroatoms. The lowest BCUT2D eigenvalue weighted by molar-refractivity contribution is 0.883. The molecule has 0 unspecified atom stereocenters. The first-order valence-corrected chi connectivity index (χ1v) is 6.15. The van der Waals surface area contributed by atoms with Crippen LogP contribution in [0.1, 0.15) is 16.8 Å². The van der Waals surface area contributed by atoms with Gasteiger partial charge in [0.15, 0.2) is 0 Å². The maximum atomic E-state index is 8.74. The van der Waals surface area contributed by atoms with Gasteiger partial charge in [0.25, 0.3) is 0 Å². The summed E-state index contributed by atoms with van der Waals surface area (Å²) in [6, 6.07) is 11.3. The third-order valence-corrected chi connectivity index (χ3v) is 2.82. The van der Waals surface area contributed by atoms with Crippen molar-refractivity contribution >= 4 is 11.5 Å². The van der Waals surface area contributed by atoms with E-state index < -0.39 is 0 Å². The van der Waals surface area contributed by atoms with Crippen LogP contribution in [0.2, 0.25) is 0 Å². The predicted molar refractivity (Wildman–Crippen MR) is 78.6 cm³/mol. The SMILES string of the molecule is C=C(NCc1ccc(C#N)cc1)c1cc(NC)ncn1. The molecule has 1 heterocycles. The quantitative estimate of drug-likeness (QED) is 0.866. The van der Waals surface area contributed by atoms with Crippen LogP contribution in [0.4, 0.5) is 5.82 Å². The number of aromatic nitrogens is 2. The van der Waals surface area contributed by atoms with Gasteiger partial charge in [-0.05, 0) is 17.7 Å². The highest BCUT2D eigenvalue weighted by atomic mass is 15.0. The summed E-state index contributed by atoms with van der Waals surface area (Å²) < 4.78 is 0. The molecule has 0 aliphatic carbocycles. The zero-order valence-electron chi connectivity index (χ0n) is 11.2. The molecule has 1 aromatic carbocycles. The molecule has 5 nitrogen and oxygen atoms in total. The van der Waals surface area contributed by atoms with Gasteiger partial charge in [-0.2, -0.15) is 5.26 Å². The molecule has 1 aromatic heterocycles. The molecule has 100 valence electrons. The van der Waals surface area contributed by atoms with Crippen molar-refractivity contribution < 1.29 is 0 Å². The molecule has 0 fully saturated rings. The maximum absolute atomic E-state index is 8.74. The highest BCUT2D eigenvalue weighted by Crippen LogP contribution is 2.11. The molecule has 0 bridgehead atoms. The van der Waals surface area contributed by atoms with Gasteiger partial charge in [-0.1, -0.05) is 18.7 Å². The van der Waals surface area contributed by atoms with Crippen molar-refractivity contribution in [2.75, 3.05) is 12.4 Å². The van der Waals surface area contributed by atoms with Crippen LogP contribution in [-0.2, 0) is 6.54 Å². The smallest absolute Gasteiger partial charge is 0.129 e. The molecule has 0 saturated carbocycles. The minimum atomic E-state index is 0.628. The van der Waals surface area contributed by atoms with Crippen molar-refractivity contribution in [2.24, 2.45) is 0 Å². The maximum Gasteiger partial charge on any atom is 0.129 e. The van der Waals surface area contributed by atoms with E-state index >= 15 is 0 Å². The second-order valence-electron chi connectivity index (χ2n) is 4.18. The normalized spacial score (nSPS) is 9.60. The second-order valence-corrected chi connectivity index (χ2v) is 4.18. The topological polar surface area (TPSA) is 73.6 Å². The standard InChI is InChI=1S/C15H15N5/c1-11(14-7-15(17-2)20-10-19-14)18-9-13-5-3-12(8-16)4-6-13/h3-7,10,18H,1,9H2,2H3,(H,17,19,20). The first kappa shape index (κ1) is 13.6. The van der Waals surface area contributed by atoms with E-state index in [0.29, 0.717) is 12.1 Å². The molecule has 2 N–H and O–H groups in total. The molecular formula is C15H15N5. The van der Waals surface area contributed by atoms with E-state index in [4.69, 9.17) is 5.26 Å². The Morgan fingerprint density at radius 3 is 2.70 bits per heavy atom. The third-order valence-electron chi connectivity index (χ3n) is 2.82. The van der Waals surface area contributed by atoms with Crippen molar-refractivity contribution in [3.05, 3.63) is 60.1 Å². The van der Waals surface area contributed by atoms with Crippen LogP contribution in [0.25, 0.3) is 5.70 Å². The summed E-state index contributed by atoms with van der Waals surface area (Å²) >= 11 is 0. The summed E-state index contributed by atoms with van der Waals surface area (Å²) in [4.78, 5) is 8.23. The van der Waals surface area contributed by atoms with Crippen LogP contribution in [0, 0.1) is 11.3 Å². The Balaban J connectivity index is 1.99. The van der Waals surface area contributed by atoms with Gasteiger partial charge < -0.3 is 10.6 Å². The molecule has 0 amide bonds. The Kier molecular flexibility index (Phi) is 4.30. The molecule has 0 radical (unpaired) electrons. The van der Waals surface area contributed by atoms with E-state index in [0.717, 1.165) is 22.8 Å². The Bertz CT molecular complexity index is 640. The van der Waals surface area contributed by atoms with Gasteiger partial charge in [0.2, 0.25) is 0 Å². The number of anilines is 1. The predicted octanol–water partition coefficient (Wildman–Crippen LogP) is 2.15. The molecule has 2 aromatic rings. The van der Waals surface area contributed by atoms with E-state index in [1.165, 1.54) is 6.33 Å². The average Bonchev–Trinajstić information content (AvgIpc) is 2.53. The zero-order chi connectivity index (χ0) is 14.4. The molecule has 0 atom stereocenters. The summed E-state index contributed by atoms with van der Waals surface area (Å²) in [6.07, 6.45) is 1.50.